The van der Waals surface area contributed by atoms with Crippen LogP contribution in [-0.2, 0) is 10.0 Å². The summed E-state index contributed by atoms with van der Waals surface area (Å²) < 4.78 is 26.5. The number of para-hydroxylation sites is 1. The predicted octanol–water partition coefficient (Wildman–Crippen LogP) is 2.93. The molecule has 0 atom stereocenters. The molecule has 0 unspecified atom stereocenters. The summed E-state index contributed by atoms with van der Waals surface area (Å²) in [6.45, 7) is 7.33. The molecule has 0 saturated heterocycles. The summed E-state index contributed by atoms with van der Waals surface area (Å²) in [5, 5.41) is 0.598. The molecule has 0 aliphatic heterocycles. The van der Waals surface area contributed by atoms with Gasteiger partial charge in [-0.1, -0.05) is 12.1 Å². The second-order valence-electron chi connectivity index (χ2n) is 4.80. The number of anilines is 1. The van der Waals surface area contributed by atoms with Crippen LogP contribution in [0.15, 0.2) is 18.2 Å². The number of fused-ring (bicyclic) bond motifs is 1. The van der Waals surface area contributed by atoms with E-state index in [0.29, 0.717) is 5.69 Å². The molecule has 2 aromatic rings. The first-order chi connectivity index (χ1) is 8.33. The molecule has 0 amide bonds. The Morgan fingerprint density at radius 3 is 2.50 bits per heavy atom. The van der Waals surface area contributed by atoms with Gasteiger partial charge in [-0.05, 0) is 39.3 Å². The molecule has 5 heteroatoms. The van der Waals surface area contributed by atoms with E-state index in [0.717, 1.165) is 22.2 Å². The number of rotatable bonds is 3. The van der Waals surface area contributed by atoms with Crippen molar-refractivity contribution >= 4 is 26.6 Å². The van der Waals surface area contributed by atoms with Gasteiger partial charge in [0.25, 0.3) is 0 Å². The highest BCUT2D eigenvalue weighted by molar-refractivity contribution is 7.93. The zero-order chi connectivity index (χ0) is 13.5. The van der Waals surface area contributed by atoms with Gasteiger partial charge in [0, 0.05) is 11.1 Å². The summed E-state index contributed by atoms with van der Waals surface area (Å²) in [4.78, 5) is 3.23. The summed E-state index contributed by atoms with van der Waals surface area (Å²) in [6, 6.07) is 5.62. The monoisotopic (exact) mass is 266 g/mol. The summed E-state index contributed by atoms with van der Waals surface area (Å²) in [5.74, 6) is 0. The van der Waals surface area contributed by atoms with Gasteiger partial charge in [-0.25, -0.2) is 8.42 Å². The second-order valence-corrected chi connectivity index (χ2v) is 7.04. The molecule has 0 bridgehead atoms. The van der Waals surface area contributed by atoms with Gasteiger partial charge in [0.05, 0.1) is 16.5 Å². The minimum Gasteiger partial charge on any atom is -0.357 e. The average Bonchev–Trinajstić information content (AvgIpc) is 2.57. The molecular weight excluding hydrogens is 248 g/mol. The van der Waals surface area contributed by atoms with Gasteiger partial charge < -0.3 is 4.98 Å². The first-order valence-electron chi connectivity index (χ1n) is 5.92. The minimum atomic E-state index is -3.32. The first-order valence-corrected chi connectivity index (χ1v) is 7.47. The van der Waals surface area contributed by atoms with Crippen molar-refractivity contribution in [2.75, 3.05) is 4.72 Å². The van der Waals surface area contributed by atoms with Crippen LogP contribution in [0.4, 0.5) is 5.69 Å². The van der Waals surface area contributed by atoms with E-state index in [1.165, 1.54) is 0 Å². The van der Waals surface area contributed by atoms with Gasteiger partial charge >= 0.3 is 0 Å². The van der Waals surface area contributed by atoms with Crippen LogP contribution in [0.3, 0.4) is 0 Å². The Kier molecular flexibility index (Phi) is 3.11. The van der Waals surface area contributed by atoms with Crippen LogP contribution in [0.2, 0.25) is 0 Å². The molecule has 2 rings (SSSR count). The van der Waals surface area contributed by atoms with Crippen molar-refractivity contribution in [1.29, 1.82) is 0 Å². The van der Waals surface area contributed by atoms with Crippen molar-refractivity contribution in [3.8, 4) is 0 Å². The second kappa shape index (κ2) is 4.31. The molecule has 0 saturated carbocycles. The Balaban J connectivity index is 2.56. The SMILES string of the molecule is Cc1[nH]c2c(NS(=O)(=O)C(C)C)cccc2c1C. The molecule has 0 aliphatic rings. The van der Waals surface area contributed by atoms with Gasteiger partial charge in [0.15, 0.2) is 0 Å². The van der Waals surface area contributed by atoms with Gasteiger partial charge in [-0.2, -0.15) is 0 Å². The maximum atomic E-state index is 11.9. The lowest BCUT2D eigenvalue weighted by atomic mass is 10.1. The molecule has 0 fully saturated rings. The van der Waals surface area contributed by atoms with Crippen molar-refractivity contribution in [3.05, 3.63) is 29.5 Å². The van der Waals surface area contributed by atoms with Crippen LogP contribution in [0, 0.1) is 13.8 Å². The van der Waals surface area contributed by atoms with E-state index in [4.69, 9.17) is 0 Å². The van der Waals surface area contributed by atoms with Crippen LogP contribution >= 0.6 is 0 Å². The highest BCUT2D eigenvalue weighted by Gasteiger charge is 2.17. The molecule has 1 heterocycles. The van der Waals surface area contributed by atoms with Crippen molar-refractivity contribution in [2.45, 2.75) is 32.9 Å². The van der Waals surface area contributed by atoms with Crippen molar-refractivity contribution < 1.29 is 8.42 Å². The molecule has 0 spiro atoms. The molecule has 2 N–H and O–H groups in total. The summed E-state index contributed by atoms with van der Waals surface area (Å²) >= 11 is 0. The number of aromatic nitrogens is 1. The van der Waals surface area contributed by atoms with E-state index in [9.17, 15) is 8.42 Å². The summed E-state index contributed by atoms with van der Waals surface area (Å²) in [6.07, 6.45) is 0. The highest BCUT2D eigenvalue weighted by atomic mass is 32.2. The van der Waals surface area contributed by atoms with Crippen LogP contribution < -0.4 is 4.72 Å². The molecule has 98 valence electrons. The molecular formula is C13H18N2O2S. The van der Waals surface area contributed by atoms with Crippen LogP contribution in [0.1, 0.15) is 25.1 Å². The van der Waals surface area contributed by atoms with E-state index >= 15 is 0 Å². The predicted molar refractivity (Wildman–Crippen MR) is 75.5 cm³/mol. The van der Waals surface area contributed by atoms with E-state index in [1.54, 1.807) is 19.9 Å². The highest BCUT2D eigenvalue weighted by Crippen LogP contribution is 2.28. The number of hydrogen-bond acceptors (Lipinski definition) is 2. The fourth-order valence-electron chi connectivity index (χ4n) is 1.84. The van der Waals surface area contributed by atoms with Crippen molar-refractivity contribution in [1.82, 2.24) is 4.98 Å². The van der Waals surface area contributed by atoms with Gasteiger partial charge in [-0.3, -0.25) is 4.72 Å². The Labute approximate surface area is 107 Å². The Bertz CT molecular complexity index is 684. The third kappa shape index (κ3) is 2.10. The number of sulfonamides is 1. The van der Waals surface area contributed by atoms with Gasteiger partial charge in [0.2, 0.25) is 10.0 Å². The van der Waals surface area contributed by atoms with Gasteiger partial charge in [0.1, 0.15) is 0 Å². The summed E-state index contributed by atoms with van der Waals surface area (Å²) in [7, 11) is -3.32. The maximum Gasteiger partial charge on any atom is 0.235 e. The standard InChI is InChI=1S/C13H18N2O2S/c1-8(2)18(16,17)15-12-7-5-6-11-9(3)10(4)14-13(11)12/h5-8,14-15H,1-4H3. The Morgan fingerprint density at radius 2 is 1.89 bits per heavy atom. The fourth-order valence-corrected chi connectivity index (χ4v) is 2.55. The number of aromatic amines is 1. The normalized spacial score (nSPS) is 12.3. The van der Waals surface area contributed by atoms with Crippen LogP contribution in [0.25, 0.3) is 10.9 Å². The van der Waals surface area contributed by atoms with Crippen molar-refractivity contribution in [2.24, 2.45) is 0 Å². The fraction of sp³-hybridized carbons (Fsp3) is 0.385. The van der Waals surface area contributed by atoms with Crippen LogP contribution in [0.5, 0.6) is 0 Å². The smallest absolute Gasteiger partial charge is 0.235 e. The molecule has 0 radical (unpaired) electrons. The first kappa shape index (κ1) is 13.0. The van der Waals surface area contributed by atoms with E-state index in [1.807, 2.05) is 26.0 Å². The maximum absolute atomic E-state index is 11.9. The number of H-pyrrole nitrogens is 1. The zero-order valence-electron chi connectivity index (χ0n) is 11.0. The van der Waals surface area contributed by atoms with E-state index in [2.05, 4.69) is 9.71 Å². The number of nitrogens with one attached hydrogen (secondary N) is 2. The Hall–Kier alpha value is -1.49. The zero-order valence-corrected chi connectivity index (χ0v) is 11.9. The minimum absolute atomic E-state index is 0.454. The molecule has 1 aromatic heterocycles. The van der Waals surface area contributed by atoms with Crippen LogP contribution in [-0.4, -0.2) is 18.7 Å². The molecule has 18 heavy (non-hydrogen) atoms. The lowest BCUT2D eigenvalue weighted by Gasteiger charge is -2.11. The van der Waals surface area contributed by atoms with E-state index in [-0.39, 0.29) is 0 Å². The quantitative estimate of drug-likeness (QED) is 0.897. The Morgan fingerprint density at radius 1 is 1.22 bits per heavy atom. The number of hydrogen-bond donors (Lipinski definition) is 2. The summed E-state index contributed by atoms with van der Waals surface area (Å²) in [5.41, 5.74) is 3.66. The number of benzene rings is 1. The largest absolute Gasteiger partial charge is 0.357 e. The molecule has 1 aromatic carbocycles. The topological polar surface area (TPSA) is 62.0 Å². The van der Waals surface area contributed by atoms with E-state index < -0.39 is 15.3 Å². The lowest BCUT2D eigenvalue weighted by Crippen LogP contribution is -2.22. The number of aryl methyl sites for hydroxylation is 2. The molecule has 0 aliphatic carbocycles. The average molecular weight is 266 g/mol. The van der Waals surface area contributed by atoms with Crippen molar-refractivity contribution in [3.63, 3.8) is 0 Å². The molecule has 4 nitrogen and oxygen atoms in total. The third-order valence-electron chi connectivity index (χ3n) is 3.22. The third-order valence-corrected chi connectivity index (χ3v) is 4.96. The van der Waals surface area contributed by atoms with Gasteiger partial charge in [-0.15, -0.1) is 0 Å². The lowest BCUT2D eigenvalue weighted by molar-refractivity contribution is 0.593.